The van der Waals surface area contributed by atoms with Crippen molar-refractivity contribution in [2.45, 2.75) is 12.8 Å². The van der Waals surface area contributed by atoms with Crippen molar-refractivity contribution in [2.75, 3.05) is 25.5 Å². The van der Waals surface area contributed by atoms with Gasteiger partial charge in [0, 0.05) is 18.7 Å². The Balaban J connectivity index is 1.68. The summed E-state index contributed by atoms with van der Waals surface area (Å²) in [4.78, 5) is 11.9. The minimum Gasteiger partial charge on any atom is -0.495 e. The molecule has 6 heteroatoms. The second-order valence-electron chi connectivity index (χ2n) is 5.24. The Bertz CT molecular complexity index is 694. The third-order valence-electron chi connectivity index (χ3n) is 3.49. The molecule has 0 aliphatic carbocycles. The summed E-state index contributed by atoms with van der Waals surface area (Å²) in [5, 5.41) is 6.35. The molecule has 0 radical (unpaired) electrons. The third-order valence-corrected chi connectivity index (χ3v) is 3.79. The van der Waals surface area contributed by atoms with Crippen LogP contribution in [-0.2, 0) is 11.2 Å². The first-order valence-electron chi connectivity index (χ1n) is 7.67. The summed E-state index contributed by atoms with van der Waals surface area (Å²) in [7, 11) is 1.53. The molecule has 0 saturated carbocycles. The molecule has 128 valence electrons. The summed E-state index contributed by atoms with van der Waals surface area (Å²) in [6.07, 6.45) is 0.906. The predicted octanol–water partition coefficient (Wildman–Crippen LogP) is 3.65. The smallest absolute Gasteiger partial charge is 0.225 e. The highest BCUT2D eigenvalue weighted by atomic mass is 35.5. The second-order valence-corrected chi connectivity index (χ2v) is 5.65. The van der Waals surface area contributed by atoms with Gasteiger partial charge in [-0.3, -0.25) is 4.79 Å². The van der Waals surface area contributed by atoms with E-state index in [1.807, 2.05) is 6.07 Å². The molecule has 2 rings (SSSR count). The molecule has 0 aliphatic rings. The molecule has 0 spiro atoms. The van der Waals surface area contributed by atoms with Crippen molar-refractivity contribution in [3.63, 3.8) is 0 Å². The molecule has 0 heterocycles. The van der Waals surface area contributed by atoms with Crippen LogP contribution in [0.5, 0.6) is 5.75 Å². The first-order chi connectivity index (χ1) is 11.6. The predicted molar refractivity (Wildman–Crippen MR) is 94.2 cm³/mol. The first-order valence-corrected chi connectivity index (χ1v) is 8.05. The van der Waals surface area contributed by atoms with Crippen molar-refractivity contribution < 1.29 is 13.9 Å². The van der Waals surface area contributed by atoms with Gasteiger partial charge in [0.25, 0.3) is 0 Å². The van der Waals surface area contributed by atoms with Crippen molar-refractivity contribution in [3.05, 3.63) is 58.9 Å². The molecule has 0 aromatic heterocycles. The van der Waals surface area contributed by atoms with E-state index in [0.717, 1.165) is 0 Å². The van der Waals surface area contributed by atoms with Crippen molar-refractivity contribution in [2.24, 2.45) is 0 Å². The number of ether oxygens (including phenoxy) is 1. The van der Waals surface area contributed by atoms with Crippen LogP contribution in [0.2, 0.25) is 5.02 Å². The lowest BCUT2D eigenvalue weighted by atomic mass is 10.1. The number of halogens is 2. The highest BCUT2D eigenvalue weighted by Gasteiger charge is 2.06. The number of carbonyl (C=O) groups excluding carboxylic acids is 1. The fourth-order valence-electron chi connectivity index (χ4n) is 2.22. The van der Waals surface area contributed by atoms with E-state index in [0.29, 0.717) is 48.0 Å². The number of benzene rings is 2. The van der Waals surface area contributed by atoms with Crippen molar-refractivity contribution in [3.8, 4) is 5.75 Å². The van der Waals surface area contributed by atoms with E-state index in [1.54, 1.807) is 30.3 Å². The molecule has 0 unspecified atom stereocenters. The van der Waals surface area contributed by atoms with Crippen LogP contribution in [0.1, 0.15) is 12.0 Å². The van der Waals surface area contributed by atoms with Gasteiger partial charge in [-0.15, -0.1) is 0 Å². The zero-order chi connectivity index (χ0) is 17.4. The number of rotatable bonds is 8. The van der Waals surface area contributed by atoms with Gasteiger partial charge in [-0.25, -0.2) is 4.39 Å². The van der Waals surface area contributed by atoms with Gasteiger partial charge in [0.1, 0.15) is 11.6 Å². The van der Waals surface area contributed by atoms with Gasteiger partial charge in [0.2, 0.25) is 5.91 Å². The summed E-state index contributed by atoms with van der Waals surface area (Å²) in [6, 6.07) is 11.8. The fraction of sp³-hybridized carbons (Fsp3) is 0.278. The molecule has 0 fully saturated rings. The zero-order valence-electron chi connectivity index (χ0n) is 13.4. The Labute approximate surface area is 146 Å². The van der Waals surface area contributed by atoms with Crippen molar-refractivity contribution in [1.82, 2.24) is 5.32 Å². The summed E-state index contributed by atoms with van der Waals surface area (Å²) in [5.74, 6) is 0.243. The molecule has 0 bridgehead atoms. The van der Waals surface area contributed by atoms with Crippen molar-refractivity contribution in [1.29, 1.82) is 0 Å². The molecular formula is C18H20ClFN2O2. The van der Waals surface area contributed by atoms with Gasteiger partial charge >= 0.3 is 0 Å². The van der Waals surface area contributed by atoms with Crippen molar-refractivity contribution >= 4 is 23.2 Å². The summed E-state index contributed by atoms with van der Waals surface area (Å²) in [5.41, 5.74) is 1.29. The van der Waals surface area contributed by atoms with E-state index < -0.39 is 0 Å². The monoisotopic (exact) mass is 350 g/mol. The molecule has 1 amide bonds. The maximum atomic E-state index is 13.4. The Morgan fingerprint density at radius 2 is 2.00 bits per heavy atom. The summed E-state index contributed by atoms with van der Waals surface area (Å²) in [6.45, 7) is 1.13. The van der Waals surface area contributed by atoms with Gasteiger partial charge < -0.3 is 15.4 Å². The van der Waals surface area contributed by atoms with Crippen LogP contribution >= 0.6 is 11.6 Å². The number of nitrogens with one attached hydrogen (secondary N) is 2. The van der Waals surface area contributed by atoms with Crippen LogP contribution in [0.3, 0.4) is 0 Å². The average Bonchev–Trinajstić information content (AvgIpc) is 2.56. The Hall–Kier alpha value is -2.11. The molecule has 24 heavy (non-hydrogen) atoms. The number of methoxy groups -OCH3 is 1. The van der Waals surface area contributed by atoms with Gasteiger partial charge in [-0.2, -0.15) is 0 Å². The van der Waals surface area contributed by atoms with E-state index in [4.69, 9.17) is 16.3 Å². The Kier molecular flexibility index (Phi) is 7.03. The Morgan fingerprint density at radius 3 is 2.71 bits per heavy atom. The molecule has 0 saturated heterocycles. The fourth-order valence-corrected chi connectivity index (χ4v) is 2.48. The first kappa shape index (κ1) is 18.2. The van der Waals surface area contributed by atoms with Gasteiger partial charge in [0.05, 0.1) is 12.1 Å². The molecule has 4 nitrogen and oxygen atoms in total. The lowest BCUT2D eigenvalue weighted by Crippen LogP contribution is -2.23. The average molecular weight is 351 g/mol. The van der Waals surface area contributed by atoms with Crippen LogP contribution in [-0.4, -0.2) is 26.1 Å². The van der Waals surface area contributed by atoms with E-state index in [1.165, 1.54) is 13.2 Å². The minimum atomic E-state index is -0.201. The van der Waals surface area contributed by atoms with Gasteiger partial charge in [0.15, 0.2) is 0 Å². The van der Waals surface area contributed by atoms with E-state index in [9.17, 15) is 9.18 Å². The van der Waals surface area contributed by atoms with Crippen LogP contribution < -0.4 is 15.4 Å². The standard InChI is InChI=1S/C18H20ClFN2O2/c1-24-17-7-6-14(12-15(17)19)22-18(23)9-11-21-10-8-13-4-2-3-5-16(13)20/h2-7,12,21H,8-11H2,1H3,(H,22,23). The molecule has 2 aromatic carbocycles. The number of hydrogen-bond acceptors (Lipinski definition) is 3. The third kappa shape index (κ3) is 5.51. The number of anilines is 1. The molecule has 0 aliphatic heterocycles. The van der Waals surface area contributed by atoms with Gasteiger partial charge in [-0.05, 0) is 42.8 Å². The number of carbonyl (C=O) groups is 1. The number of amides is 1. The quantitative estimate of drug-likeness (QED) is 0.714. The molecule has 2 N–H and O–H groups in total. The molecule has 2 aromatic rings. The summed E-state index contributed by atoms with van der Waals surface area (Å²) >= 11 is 6.01. The lowest BCUT2D eigenvalue weighted by Gasteiger charge is -2.09. The second kappa shape index (κ2) is 9.25. The van der Waals surface area contributed by atoms with E-state index in [-0.39, 0.29) is 11.7 Å². The molecule has 0 atom stereocenters. The normalized spacial score (nSPS) is 10.5. The topological polar surface area (TPSA) is 50.4 Å². The maximum absolute atomic E-state index is 13.4. The minimum absolute atomic E-state index is 0.116. The highest BCUT2D eigenvalue weighted by Crippen LogP contribution is 2.27. The van der Waals surface area contributed by atoms with E-state index in [2.05, 4.69) is 10.6 Å². The SMILES string of the molecule is COc1ccc(NC(=O)CCNCCc2ccccc2F)cc1Cl. The van der Waals surface area contributed by atoms with E-state index >= 15 is 0 Å². The number of hydrogen-bond donors (Lipinski definition) is 2. The summed E-state index contributed by atoms with van der Waals surface area (Å²) < 4.78 is 18.5. The van der Waals surface area contributed by atoms with Crippen LogP contribution in [0.15, 0.2) is 42.5 Å². The zero-order valence-corrected chi connectivity index (χ0v) is 14.2. The van der Waals surface area contributed by atoms with Crippen LogP contribution in [0.4, 0.5) is 10.1 Å². The van der Waals surface area contributed by atoms with Gasteiger partial charge in [-0.1, -0.05) is 29.8 Å². The van der Waals surface area contributed by atoms with Crippen LogP contribution in [0.25, 0.3) is 0 Å². The molecular weight excluding hydrogens is 331 g/mol. The lowest BCUT2D eigenvalue weighted by molar-refractivity contribution is -0.116. The highest BCUT2D eigenvalue weighted by molar-refractivity contribution is 6.32. The Morgan fingerprint density at radius 1 is 1.21 bits per heavy atom. The largest absolute Gasteiger partial charge is 0.495 e. The van der Waals surface area contributed by atoms with Crippen LogP contribution in [0, 0.1) is 5.82 Å². The maximum Gasteiger partial charge on any atom is 0.225 e.